The lowest BCUT2D eigenvalue weighted by molar-refractivity contribution is 1.17. The first-order valence-electron chi connectivity index (χ1n) is 3.25. The van der Waals surface area contributed by atoms with Gasteiger partial charge in [-0.1, -0.05) is 23.3 Å². The molecule has 0 bridgehead atoms. The summed E-state index contributed by atoms with van der Waals surface area (Å²) < 4.78 is 0. The first-order chi connectivity index (χ1) is 4.16. The maximum absolute atomic E-state index is 3.67. The molecule has 0 N–H and O–H groups in total. The molecule has 0 atom stereocenters. The Kier molecular flexibility index (Phi) is 4.12. The van der Waals surface area contributed by atoms with Gasteiger partial charge in [0, 0.05) is 0 Å². The normalized spacial score (nSPS) is 11.3. The second-order valence-corrected chi connectivity index (χ2v) is 2.54. The van der Waals surface area contributed by atoms with Crippen molar-refractivity contribution in [1.82, 2.24) is 0 Å². The third kappa shape index (κ3) is 5.35. The van der Waals surface area contributed by atoms with Gasteiger partial charge in [0.05, 0.1) is 0 Å². The van der Waals surface area contributed by atoms with Crippen molar-refractivity contribution < 1.29 is 0 Å². The average molecular weight is 123 g/mol. The van der Waals surface area contributed by atoms with Crippen molar-refractivity contribution in [3.63, 3.8) is 0 Å². The van der Waals surface area contributed by atoms with Crippen LogP contribution in [-0.4, -0.2) is 0 Å². The van der Waals surface area contributed by atoms with E-state index in [0.29, 0.717) is 0 Å². The van der Waals surface area contributed by atoms with E-state index in [2.05, 4.69) is 33.8 Å². The molecule has 0 aromatic carbocycles. The maximum atomic E-state index is 3.67. The lowest BCUT2D eigenvalue weighted by atomic mass is 10.1. The first kappa shape index (κ1) is 8.48. The van der Waals surface area contributed by atoms with Gasteiger partial charge in [0.15, 0.2) is 0 Å². The zero-order chi connectivity index (χ0) is 7.28. The average Bonchev–Trinajstić information content (AvgIpc) is 1.83. The third-order valence-corrected chi connectivity index (χ3v) is 1.18. The van der Waals surface area contributed by atoms with Gasteiger partial charge in [-0.2, -0.15) is 0 Å². The number of rotatable bonds is 2. The summed E-state index contributed by atoms with van der Waals surface area (Å²) in [6, 6.07) is 0. The second kappa shape index (κ2) is 4.37. The van der Waals surface area contributed by atoms with Gasteiger partial charge in [0.2, 0.25) is 0 Å². The minimum atomic E-state index is 1.05. The molecular weight excluding hydrogens is 108 g/mol. The van der Waals surface area contributed by atoms with Crippen LogP contribution in [0.4, 0.5) is 0 Å². The summed E-state index contributed by atoms with van der Waals surface area (Å²) in [7, 11) is 0. The summed E-state index contributed by atoms with van der Waals surface area (Å²) in [4.78, 5) is 0. The SMILES string of the molecule is [CH2]/C=C(\C)CC=C(C)C. The van der Waals surface area contributed by atoms with Crippen LogP contribution in [0, 0.1) is 6.92 Å². The van der Waals surface area contributed by atoms with Crippen molar-refractivity contribution in [2.45, 2.75) is 27.2 Å². The van der Waals surface area contributed by atoms with Crippen molar-refractivity contribution in [2.75, 3.05) is 0 Å². The van der Waals surface area contributed by atoms with Crippen LogP contribution in [0.2, 0.25) is 0 Å². The maximum Gasteiger partial charge on any atom is -0.0139 e. The molecule has 0 aliphatic carbocycles. The van der Waals surface area contributed by atoms with Crippen molar-refractivity contribution in [1.29, 1.82) is 0 Å². The Morgan fingerprint density at radius 3 is 2.22 bits per heavy atom. The van der Waals surface area contributed by atoms with Crippen LogP contribution in [0.3, 0.4) is 0 Å². The molecule has 9 heavy (non-hydrogen) atoms. The van der Waals surface area contributed by atoms with Gasteiger partial charge in [-0.15, -0.1) is 0 Å². The van der Waals surface area contributed by atoms with Gasteiger partial charge < -0.3 is 0 Å². The van der Waals surface area contributed by atoms with Crippen LogP contribution in [0.5, 0.6) is 0 Å². The van der Waals surface area contributed by atoms with E-state index in [1.54, 1.807) is 0 Å². The monoisotopic (exact) mass is 123 g/mol. The lowest BCUT2D eigenvalue weighted by Crippen LogP contribution is -1.71. The Morgan fingerprint density at radius 2 is 1.89 bits per heavy atom. The summed E-state index contributed by atoms with van der Waals surface area (Å²) in [5.74, 6) is 0. The Labute approximate surface area is 58.3 Å². The van der Waals surface area contributed by atoms with E-state index in [4.69, 9.17) is 0 Å². The molecule has 0 rings (SSSR count). The van der Waals surface area contributed by atoms with E-state index >= 15 is 0 Å². The Bertz CT molecular complexity index is 123. The molecule has 0 nitrogen and oxygen atoms in total. The highest BCUT2D eigenvalue weighted by molar-refractivity contribution is 5.08. The van der Waals surface area contributed by atoms with E-state index in [0.717, 1.165) is 6.42 Å². The smallest absolute Gasteiger partial charge is 0.0139 e. The zero-order valence-electron chi connectivity index (χ0n) is 6.57. The summed E-state index contributed by atoms with van der Waals surface area (Å²) in [6.45, 7) is 9.98. The molecule has 0 unspecified atom stereocenters. The Hall–Kier alpha value is -0.520. The number of hydrogen-bond acceptors (Lipinski definition) is 0. The molecule has 0 saturated carbocycles. The van der Waals surface area contributed by atoms with E-state index in [1.165, 1.54) is 11.1 Å². The van der Waals surface area contributed by atoms with Crippen molar-refractivity contribution in [3.05, 3.63) is 30.2 Å². The highest BCUT2D eigenvalue weighted by Crippen LogP contribution is 2.02. The molecule has 0 heterocycles. The fourth-order valence-corrected chi connectivity index (χ4v) is 0.448. The van der Waals surface area contributed by atoms with Crippen LogP contribution in [-0.2, 0) is 0 Å². The zero-order valence-corrected chi connectivity index (χ0v) is 6.57. The van der Waals surface area contributed by atoms with E-state index < -0.39 is 0 Å². The predicted octanol–water partition coefficient (Wildman–Crippen LogP) is 3.12. The molecule has 0 aliphatic rings. The van der Waals surface area contributed by atoms with Crippen LogP contribution in [0.25, 0.3) is 0 Å². The number of allylic oxidation sites excluding steroid dienone is 4. The fourth-order valence-electron chi connectivity index (χ4n) is 0.448. The topological polar surface area (TPSA) is 0 Å². The Morgan fingerprint density at radius 1 is 1.33 bits per heavy atom. The lowest BCUT2D eigenvalue weighted by Gasteiger charge is -1.92. The first-order valence-corrected chi connectivity index (χ1v) is 3.25. The minimum Gasteiger partial charge on any atom is -0.0850 e. The van der Waals surface area contributed by atoms with Crippen LogP contribution < -0.4 is 0 Å². The largest absolute Gasteiger partial charge is 0.0850 e. The molecule has 0 heteroatoms. The van der Waals surface area contributed by atoms with Crippen molar-refractivity contribution in [2.24, 2.45) is 0 Å². The number of hydrogen-bond donors (Lipinski definition) is 0. The molecule has 51 valence electrons. The summed E-state index contributed by atoms with van der Waals surface area (Å²) in [5, 5.41) is 0. The molecule has 0 aromatic rings. The molecular formula is C9H15. The third-order valence-electron chi connectivity index (χ3n) is 1.18. The highest BCUT2D eigenvalue weighted by Gasteiger charge is 1.81. The van der Waals surface area contributed by atoms with E-state index in [1.807, 2.05) is 6.08 Å². The van der Waals surface area contributed by atoms with Crippen LogP contribution in [0.1, 0.15) is 27.2 Å². The van der Waals surface area contributed by atoms with E-state index in [9.17, 15) is 0 Å². The standard InChI is InChI=1S/C9H15/c1-5-9(4)7-6-8(2)3/h5-6H,1,7H2,2-4H3/b9-5+. The molecule has 0 saturated heterocycles. The minimum absolute atomic E-state index is 1.05. The van der Waals surface area contributed by atoms with E-state index in [-0.39, 0.29) is 0 Å². The molecule has 0 aromatic heterocycles. The van der Waals surface area contributed by atoms with Gasteiger partial charge in [0.1, 0.15) is 0 Å². The molecule has 0 aliphatic heterocycles. The van der Waals surface area contributed by atoms with Crippen molar-refractivity contribution in [3.8, 4) is 0 Å². The van der Waals surface area contributed by atoms with Gasteiger partial charge in [-0.05, 0) is 34.1 Å². The predicted molar refractivity (Wildman–Crippen MR) is 43.2 cm³/mol. The van der Waals surface area contributed by atoms with Gasteiger partial charge >= 0.3 is 0 Å². The summed E-state index contributed by atoms with van der Waals surface area (Å²) >= 11 is 0. The molecule has 0 fully saturated rings. The summed E-state index contributed by atoms with van der Waals surface area (Å²) in [5.41, 5.74) is 2.70. The quantitative estimate of drug-likeness (QED) is 0.495. The Balaban J connectivity index is 3.64. The van der Waals surface area contributed by atoms with Crippen molar-refractivity contribution >= 4 is 0 Å². The fraction of sp³-hybridized carbons (Fsp3) is 0.444. The van der Waals surface area contributed by atoms with Gasteiger partial charge in [-0.3, -0.25) is 0 Å². The van der Waals surface area contributed by atoms with Crippen LogP contribution in [0.15, 0.2) is 23.3 Å². The molecule has 0 spiro atoms. The molecule has 0 amide bonds. The second-order valence-electron chi connectivity index (χ2n) is 2.54. The van der Waals surface area contributed by atoms with Gasteiger partial charge in [0.25, 0.3) is 0 Å². The molecule has 1 radical (unpaired) electrons. The van der Waals surface area contributed by atoms with Crippen LogP contribution >= 0.6 is 0 Å². The van der Waals surface area contributed by atoms with Gasteiger partial charge in [-0.25, -0.2) is 0 Å². The summed E-state index contributed by atoms with van der Waals surface area (Å²) in [6.07, 6.45) is 5.16. The highest BCUT2D eigenvalue weighted by atomic mass is 13.9.